The smallest absolute Gasteiger partial charge is 0.299 e. The summed E-state index contributed by atoms with van der Waals surface area (Å²) >= 11 is 5.95. The second-order valence-corrected chi connectivity index (χ2v) is 10.3. The third-order valence-electron chi connectivity index (χ3n) is 7.32. The fourth-order valence-corrected chi connectivity index (χ4v) is 5.40. The molecule has 1 saturated heterocycles. The first-order chi connectivity index (χ1) is 18.8. The van der Waals surface area contributed by atoms with Crippen LogP contribution in [0.4, 0.5) is 16.0 Å². The van der Waals surface area contributed by atoms with Crippen molar-refractivity contribution in [2.45, 2.75) is 32.2 Å². The number of rotatable bonds is 4. The lowest BCUT2D eigenvalue weighted by molar-refractivity contribution is -0.126. The Morgan fingerprint density at radius 3 is 2.74 bits per heavy atom. The summed E-state index contributed by atoms with van der Waals surface area (Å²) in [6.45, 7) is 2.24. The van der Waals surface area contributed by atoms with Gasteiger partial charge in [0.1, 0.15) is 34.5 Å². The number of nitrogens with zero attached hydrogens (tertiary/aromatic N) is 5. The molecule has 3 aromatic heterocycles. The Morgan fingerprint density at radius 2 is 2.03 bits per heavy atom. The van der Waals surface area contributed by atoms with E-state index in [2.05, 4.69) is 27.1 Å². The van der Waals surface area contributed by atoms with Gasteiger partial charge < -0.3 is 16.0 Å². The molecule has 196 valence electrons. The van der Waals surface area contributed by atoms with Crippen LogP contribution < -0.4 is 11.1 Å². The van der Waals surface area contributed by atoms with Crippen molar-refractivity contribution in [2.75, 3.05) is 17.6 Å². The van der Waals surface area contributed by atoms with Crippen LogP contribution in [0.1, 0.15) is 48.4 Å². The first-order valence-electron chi connectivity index (χ1n) is 12.4. The number of anilines is 2. The number of carbonyl (C=O) groups excluding carboxylic acids is 2. The number of nitrogen functional groups attached to an aromatic ring is 1. The number of halogens is 2. The lowest BCUT2D eigenvalue weighted by Crippen LogP contribution is -2.31. The third kappa shape index (κ3) is 4.45. The first kappa shape index (κ1) is 24.8. The molecule has 1 saturated carbocycles. The highest BCUT2D eigenvalue weighted by atomic mass is 35.5. The number of fused-ring (bicyclic) bond motifs is 1. The molecule has 1 atom stereocenters. The van der Waals surface area contributed by atoms with Crippen molar-refractivity contribution in [3.05, 3.63) is 71.2 Å². The summed E-state index contributed by atoms with van der Waals surface area (Å²) in [5.74, 6) is 4.86. The second-order valence-electron chi connectivity index (χ2n) is 9.89. The second kappa shape index (κ2) is 9.36. The predicted octanol–water partition coefficient (Wildman–Crippen LogP) is 4.50. The maximum absolute atomic E-state index is 15.6. The standard InChI is InChI=1S/C28H23ClFN7O2/c1-2-3-22(38)37-15-28(7-8-28)14-20(37)26-35-23(24-25(31)33-10-11-36(24)26)18-5-4-16(12-19(18)30)27(39)34-21-13-17(29)6-9-32-21/h4-6,9-13,20H,7-8,14-15H2,1H3,(H2,31,33)(H,32,34,39)/t20-/m0/s1. The van der Waals surface area contributed by atoms with Crippen LogP contribution >= 0.6 is 11.6 Å². The monoisotopic (exact) mass is 543 g/mol. The van der Waals surface area contributed by atoms with E-state index >= 15 is 4.39 Å². The van der Waals surface area contributed by atoms with Gasteiger partial charge >= 0.3 is 0 Å². The van der Waals surface area contributed by atoms with Crippen LogP contribution in [0.25, 0.3) is 16.8 Å². The van der Waals surface area contributed by atoms with Gasteiger partial charge in [0.25, 0.3) is 11.8 Å². The highest BCUT2D eigenvalue weighted by molar-refractivity contribution is 6.30. The Hall–Kier alpha value is -4.49. The molecule has 9 nitrogen and oxygen atoms in total. The molecule has 2 amide bonds. The maximum Gasteiger partial charge on any atom is 0.299 e. The number of pyridine rings is 1. The number of nitrogens with two attached hydrogens (primary N) is 1. The molecular formula is C28H23ClFN7O2. The normalized spacial score (nSPS) is 17.2. The third-order valence-corrected chi connectivity index (χ3v) is 7.55. The zero-order chi connectivity index (χ0) is 27.3. The Labute approximate surface area is 228 Å². The quantitative estimate of drug-likeness (QED) is 0.366. The van der Waals surface area contributed by atoms with E-state index in [0.717, 1.165) is 25.3 Å². The van der Waals surface area contributed by atoms with Gasteiger partial charge in [-0.2, -0.15) is 0 Å². The molecule has 39 heavy (non-hydrogen) atoms. The van der Waals surface area contributed by atoms with Gasteiger partial charge in [-0.1, -0.05) is 17.5 Å². The van der Waals surface area contributed by atoms with Crippen molar-refractivity contribution in [3.8, 4) is 23.1 Å². The Bertz CT molecular complexity index is 1720. The summed E-state index contributed by atoms with van der Waals surface area (Å²) in [7, 11) is 0. The minimum atomic E-state index is -0.661. The highest BCUT2D eigenvalue weighted by Gasteiger charge is 2.54. The number of aromatic nitrogens is 4. The number of hydrogen-bond acceptors (Lipinski definition) is 6. The minimum absolute atomic E-state index is 0.0679. The number of amides is 2. The largest absolute Gasteiger partial charge is 0.382 e. The van der Waals surface area contributed by atoms with Gasteiger partial charge in [-0.25, -0.2) is 19.3 Å². The van der Waals surface area contributed by atoms with Crippen LogP contribution in [0.3, 0.4) is 0 Å². The van der Waals surface area contributed by atoms with Crippen LogP contribution in [0, 0.1) is 23.1 Å². The lowest BCUT2D eigenvalue weighted by Gasteiger charge is -2.21. The Kier molecular flexibility index (Phi) is 5.96. The van der Waals surface area contributed by atoms with Crippen LogP contribution in [0.2, 0.25) is 5.02 Å². The van der Waals surface area contributed by atoms with E-state index in [-0.39, 0.29) is 45.8 Å². The van der Waals surface area contributed by atoms with Gasteiger partial charge in [-0.05, 0) is 67.9 Å². The average Bonchev–Trinajstić information content (AvgIpc) is 3.38. The molecule has 3 N–H and O–H groups in total. The topological polar surface area (TPSA) is 119 Å². The molecule has 0 unspecified atom stereocenters. The molecule has 0 bridgehead atoms. The predicted molar refractivity (Wildman–Crippen MR) is 144 cm³/mol. The van der Waals surface area contributed by atoms with Gasteiger partial charge in [-0.15, -0.1) is 0 Å². The van der Waals surface area contributed by atoms with E-state index in [4.69, 9.17) is 22.3 Å². The number of benzene rings is 1. The molecule has 0 radical (unpaired) electrons. The van der Waals surface area contributed by atoms with Crippen molar-refractivity contribution < 1.29 is 14.0 Å². The number of nitrogens with one attached hydrogen (secondary N) is 1. The molecule has 6 rings (SSSR count). The van der Waals surface area contributed by atoms with Crippen LogP contribution in [-0.4, -0.2) is 42.6 Å². The highest BCUT2D eigenvalue weighted by Crippen LogP contribution is 2.58. The molecule has 1 aliphatic carbocycles. The summed E-state index contributed by atoms with van der Waals surface area (Å²) in [5, 5.41) is 3.01. The van der Waals surface area contributed by atoms with Gasteiger partial charge in [0.2, 0.25) is 0 Å². The molecule has 1 aliphatic heterocycles. The van der Waals surface area contributed by atoms with E-state index in [1.807, 2.05) is 0 Å². The minimum Gasteiger partial charge on any atom is -0.382 e. The van der Waals surface area contributed by atoms with Gasteiger partial charge in [-0.3, -0.25) is 14.0 Å². The number of hydrogen-bond donors (Lipinski definition) is 2. The van der Waals surface area contributed by atoms with Crippen molar-refractivity contribution in [2.24, 2.45) is 5.41 Å². The Balaban J connectivity index is 1.40. The SMILES string of the molecule is CC#CC(=O)N1CC2(CC2)C[C@H]1c1nc(-c2ccc(C(=O)Nc3cc(Cl)ccn3)cc2F)c2c(N)nccn12. The molecule has 2 aliphatic rings. The molecule has 1 aromatic carbocycles. The van der Waals surface area contributed by atoms with E-state index in [9.17, 15) is 9.59 Å². The van der Waals surface area contributed by atoms with E-state index in [0.29, 0.717) is 22.9 Å². The molecule has 11 heteroatoms. The molecular weight excluding hydrogens is 521 g/mol. The number of carbonyl (C=O) groups is 2. The van der Waals surface area contributed by atoms with E-state index in [1.54, 1.807) is 34.7 Å². The molecule has 4 heterocycles. The van der Waals surface area contributed by atoms with Crippen molar-refractivity contribution in [3.63, 3.8) is 0 Å². The Morgan fingerprint density at radius 1 is 1.21 bits per heavy atom. The van der Waals surface area contributed by atoms with Gasteiger partial charge in [0.15, 0.2) is 0 Å². The fraction of sp³-hybridized carbons (Fsp3) is 0.250. The summed E-state index contributed by atoms with van der Waals surface area (Å²) in [5.41, 5.74) is 7.28. The van der Waals surface area contributed by atoms with Gasteiger partial charge in [0, 0.05) is 41.3 Å². The summed E-state index contributed by atoms with van der Waals surface area (Å²) in [4.78, 5) is 40.5. The summed E-state index contributed by atoms with van der Waals surface area (Å²) < 4.78 is 17.3. The van der Waals surface area contributed by atoms with Crippen molar-refractivity contribution in [1.82, 2.24) is 24.3 Å². The van der Waals surface area contributed by atoms with Gasteiger partial charge in [0.05, 0.1) is 6.04 Å². The first-order valence-corrected chi connectivity index (χ1v) is 12.7. The molecule has 1 spiro atoms. The summed E-state index contributed by atoms with van der Waals surface area (Å²) in [6, 6.07) is 6.84. The summed E-state index contributed by atoms with van der Waals surface area (Å²) in [6.07, 6.45) is 7.53. The molecule has 2 fully saturated rings. The zero-order valence-electron chi connectivity index (χ0n) is 20.9. The average molecular weight is 544 g/mol. The van der Waals surface area contributed by atoms with Crippen LogP contribution in [0.5, 0.6) is 0 Å². The molecule has 4 aromatic rings. The number of imidazole rings is 1. The van der Waals surface area contributed by atoms with E-state index < -0.39 is 11.7 Å². The van der Waals surface area contributed by atoms with Crippen molar-refractivity contribution in [1.29, 1.82) is 0 Å². The van der Waals surface area contributed by atoms with Crippen molar-refractivity contribution >= 4 is 40.6 Å². The number of likely N-dealkylation sites (tertiary alicyclic amines) is 1. The lowest BCUT2D eigenvalue weighted by atomic mass is 10.0. The van der Waals surface area contributed by atoms with E-state index in [1.165, 1.54) is 24.4 Å². The maximum atomic E-state index is 15.6. The van der Waals surface area contributed by atoms with Crippen LogP contribution in [-0.2, 0) is 4.79 Å². The van der Waals surface area contributed by atoms with Crippen LogP contribution in [0.15, 0.2) is 48.9 Å². The zero-order valence-corrected chi connectivity index (χ0v) is 21.7. The fourth-order valence-electron chi connectivity index (χ4n) is 5.24.